The van der Waals surface area contributed by atoms with Gasteiger partial charge in [-0.1, -0.05) is 11.3 Å². The number of nitrogens with one attached hydrogen (secondary N) is 2. The minimum atomic E-state index is -0.685. The fourth-order valence-corrected chi connectivity index (χ4v) is 3.21. The Kier molecular flexibility index (Phi) is 4.00. The Hall–Kier alpha value is -2.00. The van der Waals surface area contributed by atoms with Crippen LogP contribution in [-0.2, 0) is 0 Å². The lowest BCUT2D eigenvalue weighted by molar-refractivity contribution is 0.0997. The number of rotatable bonds is 4. The van der Waals surface area contributed by atoms with Crippen molar-refractivity contribution in [1.82, 2.24) is 9.97 Å². The maximum atomic E-state index is 12.2. The van der Waals surface area contributed by atoms with Crippen molar-refractivity contribution in [2.75, 3.05) is 17.7 Å². The Morgan fingerprint density at radius 3 is 2.40 bits per heavy atom. The summed E-state index contributed by atoms with van der Waals surface area (Å²) in [5, 5.41) is 7.12. The molecule has 0 radical (unpaired) electrons. The maximum absolute atomic E-state index is 12.2. The molecule has 2 rings (SSSR count). The van der Waals surface area contributed by atoms with Gasteiger partial charge in [0.2, 0.25) is 0 Å². The van der Waals surface area contributed by atoms with Crippen molar-refractivity contribution in [3.63, 3.8) is 0 Å². The molecule has 9 heteroatoms. The van der Waals surface area contributed by atoms with Crippen molar-refractivity contribution in [2.45, 2.75) is 13.8 Å². The molecule has 0 spiro atoms. The van der Waals surface area contributed by atoms with Crippen LogP contribution in [-0.4, -0.2) is 28.8 Å². The first-order valence-electron chi connectivity index (χ1n) is 5.66. The second-order valence-corrected chi connectivity index (χ2v) is 6.11. The first-order chi connectivity index (χ1) is 9.42. The van der Waals surface area contributed by atoms with Gasteiger partial charge in [-0.25, -0.2) is 9.97 Å². The summed E-state index contributed by atoms with van der Waals surface area (Å²) in [6.45, 7) is 3.59. The Bertz CT molecular complexity index is 676. The molecule has 0 aliphatic heterocycles. The minimum absolute atomic E-state index is 0.0478. The normalized spacial score (nSPS) is 10.3. The van der Waals surface area contributed by atoms with Crippen molar-refractivity contribution in [1.29, 1.82) is 0 Å². The maximum Gasteiger partial charge on any atom is 0.270 e. The number of nitrogens with zero attached hydrogens (tertiary/aromatic N) is 2. The number of anilines is 2. The van der Waals surface area contributed by atoms with Crippen LogP contribution in [0.15, 0.2) is 0 Å². The molecule has 0 atom stereocenters. The Balaban J connectivity index is 2.30. The number of carbonyl (C=O) groups is 2. The van der Waals surface area contributed by atoms with Crippen LogP contribution in [0.2, 0.25) is 0 Å². The number of aryl methyl sites for hydroxylation is 2. The fourth-order valence-electron chi connectivity index (χ4n) is 1.58. The summed E-state index contributed by atoms with van der Waals surface area (Å²) < 4.78 is 0. The van der Waals surface area contributed by atoms with E-state index in [-0.39, 0.29) is 11.6 Å². The molecule has 0 aliphatic carbocycles. The van der Waals surface area contributed by atoms with Gasteiger partial charge in [0.25, 0.3) is 11.8 Å². The molecule has 2 aromatic heterocycles. The third-order valence-corrected chi connectivity index (χ3v) is 4.47. The molecule has 0 fully saturated rings. The van der Waals surface area contributed by atoms with Crippen LogP contribution < -0.4 is 16.4 Å². The summed E-state index contributed by atoms with van der Waals surface area (Å²) in [7, 11) is 1.67. The highest BCUT2D eigenvalue weighted by Gasteiger charge is 2.20. The summed E-state index contributed by atoms with van der Waals surface area (Å²) >= 11 is 2.45. The zero-order valence-electron chi connectivity index (χ0n) is 11.1. The van der Waals surface area contributed by atoms with E-state index >= 15 is 0 Å². The lowest BCUT2D eigenvalue weighted by Gasteiger charge is -2.01. The summed E-state index contributed by atoms with van der Waals surface area (Å²) in [4.78, 5) is 32.2. The Morgan fingerprint density at radius 2 is 1.90 bits per heavy atom. The van der Waals surface area contributed by atoms with Gasteiger partial charge in [0.05, 0.1) is 10.7 Å². The number of hydrogen-bond acceptors (Lipinski definition) is 7. The van der Waals surface area contributed by atoms with Gasteiger partial charge in [-0.2, -0.15) is 0 Å². The summed E-state index contributed by atoms with van der Waals surface area (Å²) in [5.41, 5.74) is 5.95. The molecule has 7 nitrogen and oxygen atoms in total. The second kappa shape index (κ2) is 5.55. The Morgan fingerprint density at radius 1 is 1.20 bits per heavy atom. The predicted molar refractivity (Wildman–Crippen MR) is 79.7 cm³/mol. The highest BCUT2D eigenvalue weighted by Crippen LogP contribution is 2.29. The summed E-state index contributed by atoms with van der Waals surface area (Å²) in [6, 6.07) is 0. The highest BCUT2D eigenvalue weighted by atomic mass is 32.1. The van der Waals surface area contributed by atoms with Crippen LogP contribution in [0.1, 0.15) is 30.9 Å². The zero-order valence-corrected chi connectivity index (χ0v) is 12.7. The summed E-state index contributed by atoms with van der Waals surface area (Å²) in [6.07, 6.45) is 0. The van der Waals surface area contributed by atoms with Gasteiger partial charge >= 0.3 is 0 Å². The molecule has 0 saturated carbocycles. The van der Waals surface area contributed by atoms with Crippen molar-refractivity contribution in [2.24, 2.45) is 5.73 Å². The third-order valence-electron chi connectivity index (χ3n) is 2.41. The number of carbonyl (C=O) groups excluding carboxylic acids is 2. The highest BCUT2D eigenvalue weighted by molar-refractivity contribution is 7.20. The molecule has 106 valence electrons. The van der Waals surface area contributed by atoms with Crippen molar-refractivity contribution in [3.05, 3.63) is 21.3 Å². The van der Waals surface area contributed by atoms with Gasteiger partial charge in [0.1, 0.15) is 9.88 Å². The number of aromatic nitrogens is 2. The number of hydrogen-bond donors (Lipinski definition) is 3. The minimum Gasteiger partial charge on any atom is -0.365 e. The smallest absolute Gasteiger partial charge is 0.270 e. The monoisotopic (exact) mass is 311 g/mol. The van der Waals surface area contributed by atoms with Gasteiger partial charge in [-0.15, -0.1) is 11.3 Å². The van der Waals surface area contributed by atoms with Crippen LogP contribution in [0.4, 0.5) is 10.1 Å². The van der Waals surface area contributed by atoms with Gasteiger partial charge in [0.15, 0.2) is 10.8 Å². The third kappa shape index (κ3) is 2.78. The van der Waals surface area contributed by atoms with Crippen molar-refractivity contribution >= 4 is 44.6 Å². The lowest BCUT2D eigenvalue weighted by Crippen LogP contribution is -2.17. The van der Waals surface area contributed by atoms with Crippen LogP contribution in [0.3, 0.4) is 0 Å². The molecule has 2 amide bonds. The zero-order chi connectivity index (χ0) is 14.9. The predicted octanol–water partition coefficient (Wildman–Crippen LogP) is 1.61. The Labute approximate surface area is 123 Å². The number of nitrogens with two attached hydrogens (primary N) is 1. The number of primary amides is 1. The van der Waals surface area contributed by atoms with Gasteiger partial charge in [0, 0.05) is 7.05 Å². The number of amides is 2. The van der Waals surface area contributed by atoms with Crippen LogP contribution in [0, 0.1) is 13.8 Å². The SMILES string of the molecule is CNc1nc(C(N)=O)c(NC(=O)c2sc(C)nc2C)s1. The molecule has 2 heterocycles. The van der Waals surface area contributed by atoms with E-state index in [1.165, 1.54) is 11.3 Å². The van der Waals surface area contributed by atoms with E-state index in [0.29, 0.717) is 20.7 Å². The molecule has 4 N–H and O–H groups in total. The van der Waals surface area contributed by atoms with Crippen LogP contribution >= 0.6 is 22.7 Å². The molecule has 0 bridgehead atoms. The van der Waals surface area contributed by atoms with E-state index < -0.39 is 5.91 Å². The fraction of sp³-hybridized carbons (Fsp3) is 0.273. The van der Waals surface area contributed by atoms with E-state index in [9.17, 15) is 9.59 Å². The second-order valence-electron chi connectivity index (χ2n) is 3.91. The molecule has 0 unspecified atom stereocenters. The molecule has 0 saturated heterocycles. The first-order valence-corrected chi connectivity index (χ1v) is 7.29. The van der Waals surface area contributed by atoms with E-state index in [1.54, 1.807) is 14.0 Å². The topological polar surface area (TPSA) is 110 Å². The molecule has 0 aromatic carbocycles. The van der Waals surface area contributed by atoms with Crippen LogP contribution in [0.25, 0.3) is 0 Å². The van der Waals surface area contributed by atoms with Gasteiger partial charge < -0.3 is 16.4 Å². The largest absolute Gasteiger partial charge is 0.365 e. The van der Waals surface area contributed by atoms with Gasteiger partial charge in [-0.3, -0.25) is 9.59 Å². The van der Waals surface area contributed by atoms with E-state index in [4.69, 9.17) is 5.73 Å². The molecular formula is C11H13N5O2S2. The quantitative estimate of drug-likeness (QED) is 0.794. The molecule has 2 aromatic rings. The van der Waals surface area contributed by atoms with Crippen molar-refractivity contribution in [3.8, 4) is 0 Å². The van der Waals surface area contributed by atoms with Crippen molar-refractivity contribution < 1.29 is 9.59 Å². The van der Waals surface area contributed by atoms with E-state index in [2.05, 4.69) is 20.6 Å². The molecular weight excluding hydrogens is 298 g/mol. The standard InChI is InChI=1S/C11H13N5O2S2/c1-4-7(19-5(2)14-4)9(18)16-10-6(8(12)17)15-11(13-3)20-10/h1-3H3,(H2,12,17)(H,13,15)(H,16,18). The van der Waals surface area contributed by atoms with E-state index in [0.717, 1.165) is 16.3 Å². The molecule has 20 heavy (non-hydrogen) atoms. The average Bonchev–Trinajstić information content (AvgIpc) is 2.92. The van der Waals surface area contributed by atoms with E-state index in [1.807, 2.05) is 6.92 Å². The number of thiazole rings is 2. The van der Waals surface area contributed by atoms with Crippen LogP contribution in [0.5, 0.6) is 0 Å². The summed E-state index contributed by atoms with van der Waals surface area (Å²) in [5.74, 6) is -1.00. The first kappa shape index (κ1) is 14.4. The molecule has 0 aliphatic rings. The van der Waals surface area contributed by atoms with Gasteiger partial charge in [-0.05, 0) is 13.8 Å². The average molecular weight is 311 g/mol. The lowest BCUT2D eigenvalue weighted by atomic mass is 10.3.